The van der Waals surface area contributed by atoms with Crippen LogP contribution in [0.2, 0.25) is 0 Å². The summed E-state index contributed by atoms with van der Waals surface area (Å²) in [5.41, 5.74) is -0.204. The second-order valence-corrected chi connectivity index (χ2v) is 4.95. The van der Waals surface area contributed by atoms with Crippen LogP contribution in [0, 0.1) is 0 Å². The van der Waals surface area contributed by atoms with Crippen LogP contribution in [0.4, 0.5) is 0 Å². The Labute approximate surface area is 93.8 Å². The smallest absolute Gasteiger partial charge is 0.152 e. The van der Waals surface area contributed by atoms with Crippen molar-refractivity contribution in [3.8, 4) is 0 Å². The number of ketones is 1. The Balaban J connectivity index is 2.25. The van der Waals surface area contributed by atoms with Crippen molar-refractivity contribution in [2.75, 3.05) is 6.54 Å². The number of hydrogen-bond donors (Lipinski definition) is 1. The van der Waals surface area contributed by atoms with Crippen LogP contribution in [0.15, 0.2) is 0 Å². The third-order valence-corrected chi connectivity index (χ3v) is 3.49. The van der Waals surface area contributed by atoms with Crippen LogP contribution in [0.1, 0.15) is 65.2 Å². The maximum atomic E-state index is 12.0. The highest BCUT2D eigenvalue weighted by atomic mass is 16.1. The Morgan fingerprint density at radius 2 is 2.07 bits per heavy atom. The van der Waals surface area contributed by atoms with Gasteiger partial charge in [-0.3, -0.25) is 4.79 Å². The zero-order chi connectivity index (χ0) is 11.1. The van der Waals surface area contributed by atoms with Crippen molar-refractivity contribution in [1.29, 1.82) is 0 Å². The molecule has 0 amide bonds. The molecule has 1 unspecified atom stereocenters. The molecule has 0 bridgehead atoms. The number of rotatable bonds is 6. The first-order chi connectivity index (χ1) is 7.19. The molecule has 2 nitrogen and oxygen atoms in total. The molecule has 1 rings (SSSR count). The zero-order valence-electron chi connectivity index (χ0n) is 10.3. The van der Waals surface area contributed by atoms with Gasteiger partial charge in [0.05, 0.1) is 5.54 Å². The van der Waals surface area contributed by atoms with Gasteiger partial charge in [-0.05, 0) is 39.2 Å². The maximum absolute atomic E-state index is 12.0. The third kappa shape index (κ3) is 3.94. The normalized spacial score (nSPS) is 26.5. The molecule has 0 aromatic heterocycles. The number of hydrogen-bond acceptors (Lipinski definition) is 2. The van der Waals surface area contributed by atoms with E-state index in [1.807, 2.05) is 0 Å². The van der Waals surface area contributed by atoms with E-state index in [9.17, 15) is 4.79 Å². The van der Waals surface area contributed by atoms with E-state index in [0.29, 0.717) is 5.78 Å². The summed E-state index contributed by atoms with van der Waals surface area (Å²) in [5.74, 6) is 0.429. The van der Waals surface area contributed by atoms with Crippen molar-refractivity contribution in [1.82, 2.24) is 5.32 Å². The van der Waals surface area contributed by atoms with Crippen LogP contribution in [0.5, 0.6) is 0 Å². The van der Waals surface area contributed by atoms with Crippen LogP contribution in [0.25, 0.3) is 0 Å². The SMILES string of the molecule is CCCCCCC(=O)C1(C)CCCCN1. The van der Waals surface area contributed by atoms with E-state index < -0.39 is 0 Å². The molecular formula is C13H25NO. The first-order valence-corrected chi connectivity index (χ1v) is 6.47. The van der Waals surface area contributed by atoms with Crippen LogP contribution in [-0.4, -0.2) is 17.9 Å². The fraction of sp³-hybridized carbons (Fsp3) is 0.923. The Hall–Kier alpha value is -0.370. The van der Waals surface area contributed by atoms with Gasteiger partial charge in [0.15, 0.2) is 5.78 Å². The van der Waals surface area contributed by atoms with Crippen molar-refractivity contribution >= 4 is 5.78 Å². The molecule has 0 radical (unpaired) electrons. The lowest BCUT2D eigenvalue weighted by atomic mass is 9.84. The highest BCUT2D eigenvalue weighted by Crippen LogP contribution is 2.22. The first kappa shape index (κ1) is 12.7. The standard InChI is InChI=1S/C13H25NO/c1-3-4-5-6-9-12(15)13(2)10-7-8-11-14-13/h14H,3-11H2,1-2H3. The molecule has 0 spiro atoms. The summed E-state index contributed by atoms with van der Waals surface area (Å²) >= 11 is 0. The number of carbonyl (C=O) groups excluding carboxylic acids is 1. The number of carbonyl (C=O) groups is 1. The average molecular weight is 211 g/mol. The minimum Gasteiger partial charge on any atom is -0.305 e. The largest absolute Gasteiger partial charge is 0.305 e. The summed E-state index contributed by atoms with van der Waals surface area (Å²) in [5, 5.41) is 3.39. The molecule has 1 fully saturated rings. The predicted molar refractivity (Wildman–Crippen MR) is 64.0 cm³/mol. The van der Waals surface area contributed by atoms with E-state index in [2.05, 4.69) is 19.2 Å². The van der Waals surface area contributed by atoms with E-state index in [1.165, 1.54) is 32.1 Å². The van der Waals surface area contributed by atoms with Gasteiger partial charge in [-0.1, -0.05) is 26.2 Å². The molecule has 0 saturated carbocycles. The van der Waals surface area contributed by atoms with Crippen LogP contribution >= 0.6 is 0 Å². The van der Waals surface area contributed by atoms with Gasteiger partial charge in [0.1, 0.15) is 0 Å². The Morgan fingerprint density at radius 1 is 1.27 bits per heavy atom. The Kier molecular flexibility index (Phi) is 5.30. The van der Waals surface area contributed by atoms with Gasteiger partial charge in [-0.2, -0.15) is 0 Å². The van der Waals surface area contributed by atoms with Gasteiger partial charge in [-0.25, -0.2) is 0 Å². The molecular weight excluding hydrogens is 186 g/mol. The van der Waals surface area contributed by atoms with E-state index in [0.717, 1.165) is 25.8 Å². The topological polar surface area (TPSA) is 29.1 Å². The molecule has 0 aliphatic carbocycles. The number of nitrogens with one attached hydrogen (secondary N) is 1. The summed E-state index contributed by atoms with van der Waals surface area (Å²) in [6.45, 7) is 5.29. The van der Waals surface area contributed by atoms with E-state index in [1.54, 1.807) is 0 Å². The molecule has 1 heterocycles. The lowest BCUT2D eigenvalue weighted by Gasteiger charge is -2.33. The third-order valence-electron chi connectivity index (χ3n) is 3.49. The summed E-state index contributed by atoms with van der Waals surface area (Å²) in [7, 11) is 0. The monoisotopic (exact) mass is 211 g/mol. The van der Waals surface area contributed by atoms with Crippen molar-refractivity contribution in [3.63, 3.8) is 0 Å². The molecule has 1 saturated heterocycles. The van der Waals surface area contributed by atoms with Crippen molar-refractivity contribution < 1.29 is 4.79 Å². The minimum atomic E-state index is -0.204. The van der Waals surface area contributed by atoms with Crippen LogP contribution in [-0.2, 0) is 4.79 Å². The fourth-order valence-electron chi connectivity index (χ4n) is 2.28. The van der Waals surface area contributed by atoms with E-state index in [4.69, 9.17) is 0 Å². The van der Waals surface area contributed by atoms with Crippen molar-refractivity contribution in [2.24, 2.45) is 0 Å². The molecule has 2 heteroatoms. The number of unbranched alkanes of at least 4 members (excludes halogenated alkanes) is 3. The molecule has 88 valence electrons. The fourth-order valence-corrected chi connectivity index (χ4v) is 2.28. The van der Waals surface area contributed by atoms with Gasteiger partial charge >= 0.3 is 0 Å². The minimum absolute atomic E-state index is 0.204. The molecule has 1 atom stereocenters. The van der Waals surface area contributed by atoms with Crippen molar-refractivity contribution in [3.05, 3.63) is 0 Å². The highest BCUT2D eigenvalue weighted by molar-refractivity contribution is 5.88. The Bertz CT molecular complexity index is 195. The summed E-state index contributed by atoms with van der Waals surface area (Å²) < 4.78 is 0. The zero-order valence-corrected chi connectivity index (χ0v) is 10.3. The molecule has 0 aromatic rings. The lowest BCUT2D eigenvalue weighted by molar-refractivity contribution is -0.125. The summed E-state index contributed by atoms with van der Waals surface area (Å²) in [4.78, 5) is 12.0. The van der Waals surface area contributed by atoms with Crippen LogP contribution in [0.3, 0.4) is 0 Å². The molecule has 0 aromatic carbocycles. The second-order valence-electron chi connectivity index (χ2n) is 4.95. The molecule has 1 aliphatic rings. The summed E-state index contributed by atoms with van der Waals surface area (Å²) in [6, 6.07) is 0. The second kappa shape index (κ2) is 6.26. The maximum Gasteiger partial charge on any atom is 0.152 e. The quantitative estimate of drug-likeness (QED) is 0.684. The average Bonchev–Trinajstić information content (AvgIpc) is 2.25. The van der Waals surface area contributed by atoms with Crippen LogP contribution < -0.4 is 5.32 Å². The van der Waals surface area contributed by atoms with Gasteiger partial charge < -0.3 is 5.32 Å². The van der Waals surface area contributed by atoms with Gasteiger partial charge in [0.2, 0.25) is 0 Å². The first-order valence-electron chi connectivity index (χ1n) is 6.47. The molecule has 15 heavy (non-hydrogen) atoms. The molecule has 1 aliphatic heterocycles. The number of piperidine rings is 1. The predicted octanol–water partition coefficient (Wildman–Crippen LogP) is 3.06. The van der Waals surface area contributed by atoms with Gasteiger partial charge in [-0.15, -0.1) is 0 Å². The molecule has 1 N–H and O–H groups in total. The lowest BCUT2D eigenvalue weighted by Crippen LogP contribution is -2.52. The highest BCUT2D eigenvalue weighted by Gasteiger charge is 2.32. The van der Waals surface area contributed by atoms with Crippen molar-refractivity contribution in [2.45, 2.75) is 70.8 Å². The Morgan fingerprint density at radius 3 is 2.67 bits per heavy atom. The van der Waals surface area contributed by atoms with Gasteiger partial charge in [0, 0.05) is 6.42 Å². The number of Topliss-reactive ketones (excluding diaryl/α,β-unsaturated/α-hetero) is 1. The van der Waals surface area contributed by atoms with Gasteiger partial charge in [0.25, 0.3) is 0 Å². The van der Waals surface area contributed by atoms with E-state index in [-0.39, 0.29) is 5.54 Å². The van der Waals surface area contributed by atoms with E-state index >= 15 is 0 Å². The summed E-state index contributed by atoms with van der Waals surface area (Å²) in [6.07, 6.45) is 9.00.